The number of carbonyl (C=O) groups is 2. The Labute approximate surface area is 246 Å². The number of nitrogens with zero attached hydrogens (tertiary/aromatic N) is 3. The van der Waals surface area contributed by atoms with Crippen molar-refractivity contribution >= 4 is 28.9 Å². The van der Waals surface area contributed by atoms with Crippen molar-refractivity contribution in [1.82, 2.24) is 14.8 Å². The van der Waals surface area contributed by atoms with E-state index in [4.69, 9.17) is 4.74 Å². The fraction of sp³-hybridized carbons (Fsp3) is 0.500. The summed E-state index contributed by atoms with van der Waals surface area (Å²) in [7, 11) is 2.08. The van der Waals surface area contributed by atoms with Gasteiger partial charge in [0.25, 0.3) is 18.3 Å². The van der Waals surface area contributed by atoms with E-state index in [0.29, 0.717) is 24.7 Å². The van der Waals surface area contributed by atoms with Crippen LogP contribution >= 0.6 is 0 Å². The Morgan fingerprint density at radius 1 is 1.12 bits per heavy atom. The lowest BCUT2D eigenvalue weighted by atomic mass is 9.91. The van der Waals surface area contributed by atoms with E-state index < -0.39 is 54.4 Å². The number of ether oxygens (including phenoxy) is 1. The SMILES string of the molecule is C[C@@H]1CN(c2ccc(NC(=O)c3c[nH]c(=O)cc3C(F)F)cc2C2=CCN(C(=O)OC3CC(F)(F)C3)CC2)C[C@H](C)N1C. The summed E-state index contributed by atoms with van der Waals surface area (Å²) in [5.74, 6) is -3.58. The number of aromatic nitrogens is 1. The molecule has 2 N–H and O–H groups in total. The fourth-order valence-corrected chi connectivity index (χ4v) is 5.80. The number of benzene rings is 1. The van der Waals surface area contributed by atoms with Crippen LogP contribution < -0.4 is 15.8 Å². The summed E-state index contributed by atoms with van der Waals surface area (Å²) in [6.07, 6.45) is -2.04. The number of rotatable bonds is 6. The Morgan fingerprint density at radius 3 is 2.42 bits per heavy atom. The second-order valence-corrected chi connectivity index (χ2v) is 11.6. The van der Waals surface area contributed by atoms with Crippen LogP contribution in [0.15, 0.2) is 41.3 Å². The number of carbonyl (C=O) groups excluding carboxylic acids is 2. The monoisotopic (exact) mass is 605 g/mol. The molecule has 2 fully saturated rings. The molecule has 232 valence electrons. The first-order valence-electron chi connectivity index (χ1n) is 14.3. The van der Waals surface area contributed by atoms with Crippen LogP contribution in [0.25, 0.3) is 5.57 Å². The molecule has 13 heteroatoms. The highest BCUT2D eigenvalue weighted by Crippen LogP contribution is 2.40. The molecule has 2 amide bonds. The molecule has 1 aromatic carbocycles. The smallest absolute Gasteiger partial charge is 0.410 e. The molecule has 3 aliphatic rings. The van der Waals surface area contributed by atoms with Crippen molar-refractivity contribution in [1.29, 1.82) is 0 Å². The Hall–Kier alpha value is -3.87. The minimum Gasteiger partial charge on any atom is -0.446 e. The number of anilines is 2. The predicted molar refractivity (Wildman–Crippen MR) is 154 cm³/mol. The molecule has 1 aliphatic carbocycles. The van der Waals surface area contributed by atoms with Crippen LogP contribution in [0.2, 0.25) is 0 Å². The van der Waals surface area contributed by atoms with Crippen LogP contribution in [0.1, 0.15) is 61.0 Å². The number of likely N-dealkylation sites (N-methyl/N-ethyl adjacent to an activating group) is 1. The zero-order chi connectivity index (χ0) is 31.1. The standard InChI is InChI=1S/C30H35F4N5O4/c1-17-15-39(16-18(2)37(17)3)25-5-4-20(36-28(41)24-14-35-26(40)11-23(24)27(31)32)10-22(25)19-6-8-38(9-7-19)29(42)43-21-12-30(33,34)13-21/h4-6,10-11,14,17-18,21,27H,7-9,12-13,15-16H2,1-3H3,(H,35,40)(H,36,41)/t17-,18+. The van der Waals surface area contributed by atoms with Crippen LogP contribution in [-0.2, 0) is 4.74 Å². The van der Waals surface area contributed by atoms with Crippen molar-refractivity contribution in [2.24, 2.45) is 0 Å². The summed E-state index contributed by atoms with van der Waals surface area (Å²) >= 11 is 0. The average molecular weight is 606 g/mol. The lowest BCUT2D eigenvalue weighted by Gasteiger charge is -2.44. The zero-order valence-corrected chi connectivity index (χ0v) is 24.2. The highest BCUT2D eigenvalue weighted by molar-refractivity contribution is 6.05. The number of amides is 2. The van der Waals surface area contributed by atoms with Gasteiger partial charge in [0, 0.05) is 85.9 Å². The Kier molecular flexibility index (Phi) is 8.55. The molecule has 0 unspecified atom stereocenters. The van der Waals surface area contributed by atoms with E-state index in [1.807, 2.05) is 12.1 Å². The number of nitrogens with one attached hydrogen (secondary N) is 2. The van der Waals surface area contributed by atoms with Gasteiger partial charge >= 0.3 is 6.09 Å². The molecule has 2 aromatic rings. The van der Waals surface area contributed by atoms with Gasteiger partial charge in [-0.3, -0.25) is 14.5 Å². The molecule has 1 saturated carbocycles. The van der Waals surface area contributed by atoms with E-state index >= 15 is 0 Å². The van der Waals surface area contributed by atoms with Gasteiger partial charge in [-0.1, -0.05) is 6.08 Å². The van der Waals surface area contributed by atoms with E-state index in [9.17, 15) is 31.9 Å². The molecule has 3 heterocycles. The topological polar surface area (TPSA) is 98.0 Å². The maximum atomic E-state index is 13.6. The Bertz CT molecular complexity index is 1460. The Balaban J connectivity index is 1.40. The number of aromatic amines is 1. The molecule has 9 nitrogen and oxygen atoms in total. The molecular formula is C30H35F4N5O4. The van der Waals surface area contributed by atoms with E-state index in [1.54, 1.807) is 12.1 Å². The van der Waals surface area contributed by atoms with Crippen LogP contribution in [0.3, 0.4) is 0 Å². The van der Waals surface area contributed by atoms with E-state index in [2.05, 4.69) is 41.0 Å². The first kappa shape index (κ1) is 30.6. The predicted octanol–water partition coefficient (Wildman–Crippen LogP) is 5.12. The van der Waals surface area contributed by atoms with Crippen molar-refractivity contribution in [3.8, 4) is 0 Å². The molecule has 1 saturated heterocycles. The first-order chi connectivity index (χ1) is 20.3. The average Bonchev–Trinajstić information content (AvgIpc) is 2.94. The maximum Gasteiger partial charge on any atom is 0.410 e. The van der Waals surface area contributed by atoms with Crippen LogP contribution in [-0.4, -0.2) is 84.1 Å². The molecule has 0 radical (unpaired) electrons. The Morgan fingerprint density at radius 2 is 1.81 bits per heavy atom. The van der Waals surface area contributed by atoms with Crippen LogP contribution in [0.4, 0.5) is 33.7 Å². The van der Waals surface area contributed by atoms with Crippen LogP contribution in [0, 0.1) is 0 Å². The van der Waals surface area contributed by atoms with Gasteiger partial charge in [-0.05, 0) is 51.1 Å². The number of hydrogen-bond acceptors (Lipinski definition) is 6. The maximum absolute atomic E-state index is 13.6. The lowest BCUT2D eigenvalue weighted by Crippen LogP contribution is -2.55. The number of alkyl halides is 4. The van der Waals surface area contributed by atoms with Gasteiger partial charge in [0.15, 0.2) is 0 Å². The number of H-pyrrole nitrogens is 1. The quantitative estimate of drug-likeness (QED) is 0.444. The summed E-state index contributed by atoms with van der Waals surface area (Å²) in [5.41, 5.74) is 1.32. The van der Waals surface area contributed by atoms with Crippen molar-refractivity contribution in [2.75, 3.05) is 43.4 Å². The van der Waals surface area contributed by atoms with Gasteiger partial charge < -0.3 is 24.8 Å². The summed E-state index contributed by atoms with van der Waals surface area (Å²) in [6.45, 7) is 6.33. The molecule has 5 rings (SSSR count). The van der Waals surface area contributed by atoms with Crippen molar-refractivity contribution in [2.45, 2.75) is 63.6 Å². The molecule has 1 aromatic heterocycles. The largest absolute Gasteiger partial charge is 0.446 e. The van der Waals surface area contributed by atoms with E-state index in [-0.39, 0.29) is 24.2 Å². The van der Waals surface area contributed by atoms with Gasteiger partial charge in [-0.15, -0.1) is 0 Å². The fourth-order valence-electron chi connectivity index (χ4n) is 5.80. The van der Waals surface area contributed by atoms with Gasteiger partial charge in [-0.25, -0.2) is 22.4 Å². The minimum atomic E-state index is -3.01. The van der Waals surface area contributed by atoms with Crippen LogP contribution in [0.5, 0.6) is 0 Å². The highest BCUT2D eigenvalue weighted by Gasteiger charge is 2.48. The normalized spacial score (nSPS) is 22.7. The van der Waals surface area contributed by atoms with E-state index in [0.717, 1.165) is 36.1 Å². The third-order valence-corrected chi connectivity index (χ3v) is 8.52. The first-order valence-corrected chi connectivity index (χ1v) is 14.3. The molecule has 2 aliphatic heterocycles. The van der Waals surface area contributed by atoms with Gasteiger partial charge in [0.05, 0.1) is 5.56 Å². The summed E-state index contributed by atoms with van der Waals surface area (Å²) in [5, 5.41) is 2.68. The summed E-state index contributed by atoms with van der Waals surface area (Å²) < 4.78 is 58.7. The number of pyridine rings is 1. The third kappa shape index (κ3) is 6.71. The second-order valence-electron chi connectivity index (χ2n) is 11.6. The van der Waals surface area contributed by atoms with E-state index in [1.165, 1.54) is 4.90 Å². The second kappa shape index (κ2) is 12.0. The minimum absolute atomic E-state index is 0.220. The zero-order valence-electron chi connectivity index (χ0n) is 24.2. The molecular weight excluding hydrogens is 570 g/mol. The molecule has 2 atom stereocenters. The van der Waals surface area contributed by atoms with Gasteiger partial charge in [0.2, 0.25) is 5.56 Å². The third-order valence-electron chi connectivity index (χ3n) is 8.52. The van der Waals surface area contributed by atoms with Gasteiger partial charge in [0.1, 0.15) is 6.10 Å². The number of piperazine rings is 1. The highest BCUT2D eigenvalue weighted by atomic mass is 19.3. The van der Waals surface area contributed by atoms with Crippen molar-refractivity contribution in [3.05, 3.63) is 63.6 Å². The molecule has 0 spiro atoms. The van der Waals surface area contributed by atoms with Crippen molar-refractivity contribution in [3.63, 3.8) is 0 Å². The lowest BCUT2D eigenvalue weighted by molar-refractivity contribution is -0.147. The summed E-state index contributed by atoms with van der Waals surface area (Å²) in [4.78, 5) is 45.5. The molecule has 43 heavy (non-hydrogen) atoms. The number of hydrogen-bond donors (Lipinski definition) is 2. The van der Waals surface area contributed by atoms with Crippen molar-refractivity contribution < 1.29 is 31.9 Å². The molecule has 0 bridgehead atoms. The van der Waals surface area contributed by atoms with Gasteiger partial charge in [-0.2, -0.15) is 0 Å². The number of halogens is 4. The summed E-state index contributed by atoms with van der Waals surface area (Å²) in [6, 6.07) is 6.63.